The lowest BCUT2D eigenvalue weighted by atomic mass is 9.54. The summed E-state index contributed by atoms with van der Waals surface area (Å²) < 4.78 is 6.15. The molecule has 0 aliphatic heterocycles. The first kappa shape index (κ1) is 11.5. The summed E-state index contributed by atoms with van der Waals surface area (Å²) in [6.07, 6.45) is 7.88. The Morgan fingerprint density at radius 2 is 1.71 bits per heavy atom. The molecular weight excluding hydrogens is 212 g/mol. The van der Waals surface area contributed by atoms with Gasteiger partial charge in [0.25, 0.3) is 0 Å². The maximum atomic E-state index is 8.95. The van der Waals surface area contributed by atoms with Crippen molar-refractivity contribution in [2.45, 2.75) is 56.6 Å². The lowest BCUT2D eigenvalue weighted by Crippen LogP contribution is -2.54. The third-order valence-electron chi connectivity index (χ3n) is 4.92. The molecule has 1 unspecified atom stereocenters. The fourth-order valence-corrected chi connectivity index (χ4v) is 4.54. The van der Waals surface area contributed by atoms with E-state index in [4.69, 9.17) is 15.7 Å². The van der Waals surface area contributed by atoms with Crippen LogP contribution in [0.25, 0.3) is 0 Å². The first-order chi connectivity index (χ1) is 8.00. The summed E-state index contributed by atoms with van der Waals surface area (Å²) in [6.45, 7) is 2.14. The van der Waals surface area contributed by atoms with Crippen molar-refractivity contribution in [3.05, 3.63) is 0 Å². The smallest absolute Gasteiger partial charge is 0.125 e. The fraction of sp³-hybridized carbons (Fsp3) is 0.929. The maximum Gasteiger partial charge on any atom is 0.125 e. The van der Waals surface area contributed by atoms with E-state index in [9.17, 15) is 0 Å². The van der Waals surface area contributed by atoms with Crippen LogP contribution in [0, 0.1) is 29.1 Å². The summed E-state index contributed by atoms with van der Waals surface area (Å²) in [5.41, 5.74) is 5.10. The number of nitrogens with two attached hydrogens (primary N) is 1. The maximum absolute atomic E-state index is 8.95. The Balaban J connectivity index is 1.69. The predicted molar refractivity (Wildman–Crippen MR) is 65.1 cm³/mol. The molecule has 3 nitrogen and oxygen atoms in total. The molecule has 1 atom stereocenters. The zero-order chi connectivity index (χ0) is 12.1. The molecule has 94 valence electrons. The molecule has 0 saturated heterocycles. The van der Waals surface area contributed by atoms with Crippen molar-refractivity contribution >= 4 is 0 Å². The fourth-order valence-electron chi connectivity index (χ4n) is 4.54. The van der Waals surface area contributed by atoms with Crippen LogP contribution >= 0.6 is 0 Å². The predicted octanol–water partition coefficient (Wildman–Crippen LogP) is 2.21. The van der Waals surface area contributed by atoms with Crippen LogP contribution in [0.2, 0.25) is 0 Å². The van der Waals surface area contributed by atoms with E-state index in [0.717, 1.165) is 17.8 Å². The van der Waals surface area contributed by atoms with Crippen molar-refractivity contribution in [3.8, 4) is 6.07 Å². The van der Waals surface area contributed by atoms with Gasteiger partial charge in [-0.05, 0) is 63.2 Å². The molecule has 0 aromatic carbocycles. The molecule has 4 rings (SSSR count). The molecule has 4 bridgehead atoms. The highest BCUT2D eigenvalue weighted by atomic mass is 16.5. The van der Waals surface area contributed by atoms with E-state index in [1.807, 2.05) is 0 Å². The summed E-state index contributed by atoms with van der Waals surface area (Å²) in [5, 5.41) is 8.95. The van der Waals surface area contributed by atoms with E-state index in [-0.39, 0.29) is 5.60 Å². The molecule has 0 amide bonds. The van der Waals surface area contributed by atoms with Crippen LogP contribution in [0.4, 0.5) is 0 Å². The van der Waals surface area contributed by atoms with Crippen molar-refractivity contribution in [1.82, 2.24) is 0 Å². The topological polar surface area (TPSA) is 59.0 Å². The molecule has 0 radical (unpaired) electrons. The third kappa shape index (κ3) is 2.09. The van der Waals surface area contributed by atoms with Gasteiger partial charge in [-0.15, -0.1) is 0 Å². The normalized spacial score (nSPS) is 46.5. The summed E-state index contributed by atoms with van der Waals surface area (Å²) in [6, 6.07) is 2.13. The van der Waals surface area contributed by atoms with E-state index in [1.54, 1.807) is 6.92 Å². The Labute approximate surface area is 103 Å². The molecule has 4 saturated carbocycles. The average molecular weight is 234 g/mol. The van der Waals surface area contributed by atoms with Gasteiger partial charge >= 0.3 is 0 Å². The minimum absolute atomic E-state index is 0.0756. The quantitative estimate of drug-likeness (QED) is 0.814. The molecule has 4 aliphatic carbocycles. The Kier molecular flexibility index (Phi) is 2.50. The second-order valence-corrected chi connectivity index (χ2v) is 6.92. The van der Waals surface area contributed by atoms with Crippen molar-refractivity contribution in [3.63, 3.8) is 0 Å². The summed E-state index contributed by atoms with van der Waals surface area (Å²) in [7, 11) is 0. The molecule has 0 aromatic rings. The monoisotopic (exact) mass is 234 g/mol. The van der Waals surface area contributed by atoms with Gasteiger partial charge in [0.1, 0.15) is 5.54 Å². The van der Waals surface area contributed by atoms with E-state index in [2.05, 4.69) is 6.07 Å². The van der Waals surface area contributed by atoms with Crippen LogP contribution in [-0.4, -0.2) is 17.7 Å². The summed E-state index contributed by atoms with van der Waals surface area (Å²) in [5.74, 6) is 2.65. The lowest BCUT2D eigenvalue weighted by molar-refractivity contribution is -0.167. The molecule has 4 aliphatic rings. The number of nitrogens with zero attached hydrogens (tertiary/aromatic N) is 1. The largest absolute Gasteiger partial charge is 0.372 e. The Morgan fingerprint density at radius 3 is 2.12 bits per heavy atom. The zero-order valence-corrected chi connectivity index (χ0v) is 10.6. The number of hydrogen-bond acceptors (Lipinski definition) is 3. The highest BCUT2D eigenvalue weighted by Crippen LogP contribution is 2.57. The molecule has 4 fully saturated rings. The number of hydrogen-bond donors (Lipinski definition) is 1. The van der Waals surface area contributed by atoms with Gasteiger partial charge < -0.3 is 10.5 Å². The second kappa shape index (κ2) is 3.70. The first-order valence-electron chi connectivity index (χ1n) is 6.84. The summed E-state index contributed by atoms with van der Waals surface area (Å²) in [4.78, 5) is 0. The van der Waals surface area contributed by atoms with Gasteiger partial charge in [-0.2, -0.15) is 5.26 Å². The van der Waals surface area contributed by atoms with E-state index < -0.39 is 5.54 Å². The number of rotatable bonds is 3. The molecule has 0 heterocycles. The van der Waals surface area contributed by atoms with Gasteiger partial charge in [-0.3, -0.25) is 0 Å². The van der Waals surface area contributed by atoms with Crippen LogP contribution in [-0.2, 0) is 4.74 Å². The van der Waals surface area contributed by atoms with E-state index in [0.29, 0.717) is 6.61 Å². The third-order valence-corrected chi connectivity index (χ3v) is 4.92. The molecule has 0 aromatic heterocycles. The van der Waals surface area contributed by atoms with Crippen LogP contribution in [0.15, 0.2) is 0 Å². The van der Waals surface area contributed by atoms with Crippen molar-refractivity contribution in [2.75, 3.05) is 6.61 Å². The van der Waals surface area contributed by atoms with Gasteiger partial charge in [0.2, 0.25) is 0 Å². The highest BCUT2D eigenvalue weighted by molar-refractivity contribution is 5.06. The average Bonchev–Trinajstić information content (AvgIpc) is 2.25. The summed E-state index contributed by atoms with van der Waals surface area (Å²) >= 11 is 0. The lowest BCUT2D eigenvalue weighted by Gasteiger charge is -2.56. The van der Waals surface area contributed by atoms with Gasteiger partial charge in [0.15, 0.2) is 0 Å². The van der Waals surface area contributed by atoms with Crippen LogP contribution in [0.5, 0.6) is 0 Å². The number of ether oxygens (including phenoxy) is 1. The van der Waals surface area contributed by atoms with Crippen molar-refractivity contribution in [2.24, 2.45) is 23.5 Å². The zero-order valence-electron chi connectivity index (χ0n) is 10.6. The molecular formula is C14H22N2O. The van der Waals surface area contributed by atoms with Gasteiger partial charge in [-0.1, -0.05) is 0 Å². The molecule has 3 heteroatoms. The van der Waals surface area contributed by atoms with Crippen molar-refractivity contribution < 1.29 is 4.74 Å². The Morgan fingerprint density at radius 1 is 1.24 bits per heavy atom. The minimum atomic E-state index is -0.830. The minimum Gasteiger partial charge on any atom is -0.372 e. The molecule has 17 heavy (non-hydrogen) atoms. The Hall–Kier alpha value is -0.590. The number of nitriles is 1. The highest BCUT2D eigenvalue weighted by Gasteiger charge is 2.52. The van der Waals surface area contributed by atoms with Gasteiger partial charge in [0, 0.05) is 0 Å². The van der Waals surface area contributed by atoms with Crippen LogP contribution in [0.3, 0.4) is 0 Å². The molecule has 2 N–H and O–H groups in total. The van der Waals surface area contributed by atoms with Crippen molar-refractivity contribution in [1.29, 1.82) is 5.26 Å². The van der Waals surface area contributed by atoms with Crippen LogP contribution < -0.4 is 5.73 Å². The SMILES string of the molecule is CC(N)(C#N)COC12CC3CC(CC(C3)C1)C2. The Bertz CT molecular complexity index is 320. The van der Waals surface area contributed by atoms with E-state index in [1.165, 1.54) is 38.5 Å². The second-order valence-electron chi connectivity index (χ2n) is 6.92. The van der Waals surface area contributed by atoms with Crippen LogP contribution in [0.1, 0.15) is 45.4 Å². The van der Waals surface area contributed by atoms with Gasteiger partial charge in [-0.25, -0.2) is 0 Å². The van der Waals surface area contributed by atoms with E-state index >= 15 is 0 Å². The van der Waals surface area contributed by atoms with Gasteiger partial charge in [0.05, 0.1) is 18.3 Å². The first-order valence-corrected chi connectivity index (χ1v) is 6.84. The molecule has 0 spiro atoms. The standard InChI is InChI=1S/C14H22N2O/c1-13(16,8-15)9-17-14-5-10-2-11(6-14)4-12(3-10)7-14/h10-12H,2-7,9,16H2,1H3.